The first kappa shape index (κ1) is 15.7. The normalized spacial score (nSPS) is 11.9. The predicted molar refractivity (Wildman–Crippen MR) is 70.7 cm³/mol. The molecule has 0 aromatic carbocycles. The molecule has 0 unspecified atom stereocenters. The summed E-state index contributed by atoms with van der Waals surface area (Å²) in [5.41, 5.74) is -1.78. The van der Waals surface area contributed by atoms with Gasteiger partial charge in [-0.15, -0.1) is 0 Å². The minimum atomic E-state index is -1.16. The third kappa shape index (κ3) is 3.81. The van der Waals surface area contributed by atoms with Crippen molar-refractivity contribution in [2.45, 2.75) is 32.2 Å². The Bertz CT molecular complexity index is 616. The van der Waals surface area contributed by atoms with E-state index in [1.165, 1.54) is 7.05 Å². The van der Waals surface area contributed by atoms with Gasteiger partial charge in [0.25, 0.3) is 11.5 Å². The molecule has 8 nitrogen and oxygen atoms in total. The summed E-state index contributed by atoms with van der Waals surface area (Å²) >= 11 is 0. The molecule has 0 bridgehead atoms. The van der Waals surface area contributed by atoms with Crippen LogP contribution in [0.4, 0.5) is 0 Å². The maximum absolute atomic E-state index is 11.9. The third-order valence-corrected chi connectivity index (χ3v) is 2.80. The summed E-state index contributed by atoms with van der Waals surface area (Å²) in [6, 6.07) is -1.06. The number of carbonyl (C=O) groups excluding carboxylic acids is 1. The molecular formula is C12H17N3O5. The number of carboxylic acid groups (broad SMARTS) is 1. The Morgan fingerprint density at radius 1 is 1.45 bits per heavy atom. The van der Waals surface area contributed by atoms with Crippen molar-refractivity contribution in [2.75, 3.05) is 0 Å². The van der Waals surface area contributed by atoms with Gasteiger partial charge in [0.05, 0.1) is 0 Å². The highest BCUT2D eigenvalue weighted by atomic mass is 16.4. The number of nitrogens with one attached hydrogen (secondary N) is 2. The van der Waals surface area contributed by atoms with Gasteiger partial charge in [-0.2, -0.15) is 0 Å². The molecule has 1 atom stereocenters. The van der Waals surface area contributed by atoms with Crippen LogP contribution < -0.4 is 16.6 Å². The largest absolute Gasteiger partial charge is 0.480 e. The third-order valence-electron chi connectivity index (χ3n) is 2.80. The monoisotopic (exact) mass is 283 g/mol. The van der Waals surface area contributed by atoms with E-state index in [9.17, 15) is 19.2 Å². The quantitative estimate of drug-likeness (QED) is 0.646. The summed E-state index contributed by atoms with van der Waals surface area (Å²) in [7, 11) is 1.38. The van der Waals surface area contributed by atoms with Crippen LogP contribution in [-0.2, 0) is 11.8 Å². The molecule has 0 radical (unpaired) electrons. The number of amides is 1. The van der Waals surface area contributed by atoms with Crippen molar-refractivity contribution in [2.24, 2.45) is 7.05 Å². The number of aryl methyl sites for hydroxylation is 1. The van der Waals surface area contributed by atoms with Crippen molar-refractivity contribution in [1.29, 1.82) is 0 Å². The van der Waals surface area contributed by atoms with Crippen LogP contribution in [0, 0.1) is 0 Å². The summed E-state index contributed by atoms with van der Waals surface area (Å²) < 4.78 is 1.04. The lowest BCUT2D eigenvalue weighted by atomic mass is 10.1. The van der Waals surface area contributed by atoms with Crippen molar-refractivity contribution >= 4 is 11.9 Å². The maximum atomic E-state index is 11.9. The molecule has 1 rings (SSSR count). The van der Waals surface area contributed by atoms with E-state index in [1.807, 2.05) is 11.9 Å². The number of aliphatic carboxylic acids is 1. The fraction of sp³-hybridized carbons (Fsp3) is 0.500. The summed E-state index contributed by atoms with van der Waals surface area (Å²) in [6.07, 6.45) is 2.79. The van der Waals surface area contributed by atoms with Gasteiger partial charge in [-0.3, -0.25) is 14.6 Å². The van der Waals surface area contributed by atoms with Gasteiger partial charge in [-0.1, -0.05) is 19.8 Å². The lowest BCUT2D eigenvalue weighted by Crippen LogP contribution is -2.44. The molecule has 0 aliphatic carbocycles. The molecule has 3 N–H and O–H groups in total. The van der Waals surface area contributed by atoms with Gasteiger partial charge in [-0.05, 0) is 6.42 Å². The topological polar surface area (TPSA) is 121 Å². The number of carboxylic acids is 1. The van der Waals surface area contributed by atoms with E-state index >= 15 is 0 Å². The Hall–Kier alpha value is -2.38. The molecule has 0 spiro atoms. The number of unbranched alkanes of at least 4 members (excludes halogenated alkanes) is 1. The minimum absolute atomic E-state index is 0.279. The number of hydrogen-bond donors (Lipinski definition) is 3. The van der Waals surface area contributed by atoms with Crippen LogP contribution in [0.1, 0.15) is 36.5 Å². The Balaban J connectivity index is 2.95. The van der Waals surface area contributed by atoms with Gasteiger partial charge in [0, 0.05) is 13.2 Å². The minimum Gasteiger partial charge on any atom is -0.480 e. The first-order valence-corrected chi connectivity index (χ1v) is 6.20. The highest BCUT2D eigenvalue weighted by Gasteiger charge is 2.21. The average molecular weight is 283 g/mol. The zero-order valence-corrected chi connectivity index (χ0v) is 11.3. The number of H-pyrrole nitrogens is 1. The smallest absolute Gasteiger partial charge is 0.328 e. The van der Waals surface area contributed by atoms with Gasteiger partial charge < -0.3 is 15.0 Å². The Labute approximate surface area is 114 Å². The molecule has 1 amide bonds. The SMILES string of the molecule is CCCC[C@H](NC(=O)c1cn(C)c(=O)[nH]c1=O)C(=O)O. The second-order valence-electron chi connectivity index (χ2n) is 4.42. The first-order valence-electron chi connectivity index (χ1n) is 6.20. The fourth-order valence-corrected chi connectivity index (χ4v) is 1.63. The Morgan fingerprint density at radius 2 is 2.10 bits per heavy atom. The highest BCUT2D eigenvalue weighted by Crippen LogP contribution is 2.02. The molecule has 0 fully saturated rings. The number of carbonyl (C=O) groups is 2. The lowest BCUT2D eigenvalue weighted by molar-refractivity contribution is -0.139. The molecule has 1 heterocycles. The van der Waals surface area contributed by atoms with Crippen molar-refractivity contribution < 1.29 is 14.7 Å². The van der Waals surface area contributed by atoms with Crippen molar-refractivity contribution in [3.63, 3.8) is 0 Å². The van der Waals surface area contributed by atoms with Crippen molar-refractivity contribution in [1.82, 2.24) is 14.9 Å². The number of hydrogen-bond acceptors (Lipinski definition) is 4. The molecular weight excluding hydrogens is 266 g/mol. The second kappa shape index (κ2) is 6.69. The van der Waals surface area contributed by atoms with Crippen LogP contribution in [0.15, 0.2) is 15.8 Å². The van der Waals surface area contributed by atoms with E-state index in [0.29, 0.717) is 6.42 Å². The van der Waals surface area contributed by atoms with Crippen LogP contribution in [-0.4, -0.2) is 32.6 Å². The average Bonchev–Trinajstić information content (AvgIpc) is 2.38. The molecule has 20 heavy (non-hydrogen) atoms. The summed E-state index contributed by atoms with van der Waals surface area (Å²) in [5.74, 6) is -1.97. The van der Waals surface area contributed by atoms with E-state index in [-0.39, 0.29) is 12.0 Å². The highest BCUT2D eigenvalue weighted by molar-refractivity contribution is 5.95. The Kier molecular flexibility index (Phi) is 5.24. The van der Waals surface area contributed by atoms with Gasteiger partial charge in [0.15, 0.2) is 0 Å². The zero-order chi connectivity index (χ0) is 15.3. The molecule has 0 saturated carbocycles. The zero-order valence-electron chi connectivity index (χ0n) is 11.3. The number of nitrogens with zero attached hydrogens (tertiary/aromatic N) is 1. The van der Waals surface area contributed by atoms with Gasteiger partial charge in [0.1, 0.15) is 11.6 Å². The standard InChI is InChI=1S/C12H17N3O5/c1-3-4-5-8(11(18)19)13-9(16)7-6-15(2)12(20)14-10(7)17/h6,8H,3-5H2,1-2H3,(H,13,16)(H,18,19)(H,14,17,20)/t8-/m0/s1. The van der Waals surface area contributed by atoms with E-state index < -0.39 is 29.2 Å². The summed E-state index contributed by atoms with van der Waals surface area (Å²) in [5, 5.41) is 11.3. The lowest BCUT2D eigenvalue weighted by Gasteiger charge is -2.13. The summed E-state index contributed by atoms with van der Waals surface area (Å²) in [6.45, 7) is 1.90. The summed E-state index contributed by atoms with van der Waals surface area (Å²) in [4.78, 5) is 47.6. The van der Waals surface area contributed by atoms with E-state index in [1.54, 1.807) is 0 Å². The molecule has 0 saturated heterocycles. The van der Waals surface area contributed by atoms with Crippen LogP contribution in [0.5, 0.6) is 0 Å². The van der Waals surface area contributed by atoms with Crippen LogP contribution in [0.2, 0.25) is 0 Å². The maximum Gasteiger partial charge on any atom is 0.328 e. The van der Waals surface area contributed by atoms with Crippen LogP contribution in [0.25, 0.3) is 0 Å². The molecule has 0 aliphatic rings. The predicted octanol–water partition coefficient (Wildman–Crippen LogP) is -0.553. The van der Waals surface area contributed by atoms with Gasteiger partial charge in [0.2, 0.25) is 0 Å². The number of aromatic nitrogens is 2. The molecule has 1 aromatic heterocycles. The fourth-order valence-electron chi connectivity index (χ4n) is 1.63. The molecule has 8 heteroatoms. The van der Waals surface area contributed by atoms with E-state index in [4.69, 9.17) is 5.11 Å². The van der Waals surface area contributed by atoms with Crippen LogP contribution in [0.3, 0.4) is 0 Å². The van der Waals surface area contributed by atoms with E-state index in [0.717, 1.165) is 17.2 Å². The van der Waals surface area contributed by atoms with Gasteiger partial charge in [-0.25, -0.2) is 9.59 Å². The molecule has 1 aromatic rings. The Morgan fingerprint density at radius 3 is 2.65 bits per heavy atom. The first-order chi connectivity index (χ1) is 9.36. The number of rotatable bonds is 6. The van der Waals surface area contributed by atoms with Crippen molar-refractivity contribution in [3.8, 4) is 0 Å². The molecule has 0 aliphatic heterocycles. The number of aromatic amines is 1. The molecule has 110 valence electrons. The van der Waals surface area contributed by atoms with Crippen LogP contribution >= 0.6 is 0 Å². The van der Waals surface area contributed by atoms with Crippen molar-refractivity contribution in [3.05, 3.63) is 32.6 Å². The van der Waals surface area contributed by atoms with E-state index in [2.05, 4.69) is 5.32 Å². The van der Waals surface area contributed by atoms with Gasteiger partial charge >= 0.3 is 11.7 Å². The second-order valence-corrected chi connectivity index (χ2v) is 4.42.